The van der Waals surface area contributed by atoms with E-state index in [1.807, 2.05) is 0 Å². The van der Waals surface area contributed by atoms with E-state index in [9.17, 15) is 0 Å². The predicted molar refractivity (Wildman–Crippen MR) is 73.7 cm³/mol. The van der Waals surface area contributed by atoms with Gasteiger partial charge in [-0.15, -0.1) is 12.8 Å². The van der Waals surface area contributed by atoms with E-state index in [0.717, 1.165) is 38.5 Å². The van der Waals surface area contributed by atoms with Crippen LogP contribution in [0.2, 0.25) is 0 Å². The molecule has 0 saturated carbocycles. The summed E-state index contributed by atoms with van der Waals surface area (Å²) in [6.07, 6.45) is 20.3. The van der Waals surface area contributed by atoms with Gasteiger partial charge < -0.3 is 35.0 Å². The van der Waals surface area contributed by atoms with Gasteiger partial charge in [0, 0.05) is 13.2 Å². The summed E-state index contributed by atoms with van der Waals surface area (Å²) < 4.78 is 0. The summed E-state index contributed by atoms with van der Waals surface area (Å²) >= 11 is 0. The summed E-state index contributed by atoms with van der Waals surface area (Å²) in [7, 11) is 0. The Morgan fingerprint density at radius 1 is 0.810 bits per heavy atom. The predicted octanol–water partition coefficient (Wildman–Crippen LogP) is -3.10. The van der Waals surface area contributed by atoms with Gasteiger partial charge in [-0.2, -0.15) is 12.2 Å². The fourth-order valence-corrected chi connectivity index (χ4v) is 1.78. The molecule has 2 aliphatic rings. The standard InChI is InChI=1S/2C8H11O.2ClH.Zr/c2*9-7-3-6-8-4-1-2-5-8;;;/h2*1,4,9H,2-3,6-7H2;2*1H;/q2*-1;;;+4/p-2. The van der Waals surface area contributed by atoms with Crippen LogP contribution in [-0.2, 0) is 26.2 Å². The van der Waals surface area contributed by atoms with Gasteiger partial charge in [-0.05, 0) is 12.8 Å². The van der Waals surface area contributed by atoms with E-state index in [1.165, 1.54) is 11.1 Å². The Bertz CT molecular complexity index is 316. The molecular formula is C16H22Cl2O2Zr. The van der Waals surface area contributed by atoms with Crippen LogP contribution < -0.4 is 24.8 Å². The van der Waals surface area contributed by atoms with Crippen LogP contribution in [0.25, 0.3) is 0 Å². The Labute approximate surface area is 160 Å². The molecule has 21 heavy (non-hydrogen) atoms. The zero-order valence-electron chi connectivity index (χ0n) is 12.1. The molecule has 0 amide bonds. The van der Waals surface area contributed by atoms with Crippen LogP contribution in [0.5, 0.6) is 0 Å². The van der Waals surface area contributed by atoms with Crippen LogP contribution in [0.4, 0.5) is 0 Å². The molecule has 0 radical (unpaired) electrons. The van der Waals surface area contributed by atoms with Gasteiger partial charge in [0.05, 0.1) is 0 Å². The largest absolute Gasteiger partial charge is 4.00 e. The number of halogens is 2. The summed E-state index contributed by atoms with van der Waals surface area (Å²) in [5, 5.41) is 16.9. The Balaban J connectivity index is -0.000000270. The molecule has 2 nitrogen and oxygen atoms in total. The summed E-state index contributed by atoms with van der Waals surface area (Å²) in [4.78, 5) is 0. The molecule has 0 heterocycles. The first-order chi connectivity index (χ1) is 8.86. The minimum atomic E-state index is 0. The van der Waals surface area contributed by atoms with E-state index >= 15 is 0 Å². The van der Waals surface area contributed by atoms with Gasteiger partial charge in [0.1, 0.15) is 0 Å². The Hall–Kier alpha value is 0.343. The third kappa shape index (κ3) is 13.7. The molecule has 0 aromatic carbocycles. The number of aliphatic hydroxyl groups is 2. The molecule has 2 aliphatic carbocycles. The minimum Gasteiger partial charge on any atom is -1.00 e. The molecule has 0 fully saturated rings. The van der Waals surface area contributed by atoms with Gasteiger partial charge in [-0.1, -0.05) is 12.8 Å². The van der Waals surface area contributed by atoms with Crippen molar-refractivity contribution in [1.82, 2.24) is 0 Å². The fourth-order valence-electron chi connectivity index (χ4n) is 1.78. The first-order valence-electron chi connectivity index (χ1n) is 6.61. The Kier molecular flexibility index (Phi) is 23.0. The fraction of sp³-hybridized carbons (Fsp3) is 0.500. The van der Waals surface area contributed by atoms with Crippen molar-refractivity contribution < 1.29 is 61.2 Å². The molecule has 116 valence electrons. The van der Waals surface area contributed by atoms with Crippen molar-refractivity contribution in [3.8, 4) is 0 Å². The molecular weight excluding hydrogens is 386 g/mol. The van der Waals surface area contributed by atoms with Crippen LogP contribution in [0.15, 0.2) is 35.5 Å². The number of rotatable bonds is 6. The van der Waals surface area contributed by atoms with Crippen molar-refractivity contribution in [2.45, 2.75) is 38.5 Å². The second-order valence-electron chi connectivity index (χ2n) is 4.27. The normalized spacial score (nSPS) is 14.0. The second kappa shape index (κ2) is 18.4. The smallest absolute Gasteiger partial charge is 1.00 e. The molecule has 0 aromatic rings. The Morgan fingerprint density at radius 2 is 1.19 bits per heavy atom. The Morgan fingerprint density at radius 3 is 1.43 bits per heavy atom. The third-order valence-electron chi connectivity index (χ3n) is 2.74. The van der Waals surface area contributed by atoms with Gasteiger partial charge in [0.15, 0.2) is 0 Å². The number of hydrogen-bond acceptors (Lipinski definition) is 2. The van der Waals surface area contributed by atoms with Crippen molar-refractivity contribution in [3.63, 3.8) is 0 Å². The van der Waals surface area contributed by atoms with E-state index in [1.54, 1.807) is 0 Å². The van der Waals surface area contributed by atoms with Crippen LogP contribution in [0.1, 0.15) is 38.5 Å². The van der Waals surface area contributed by atoms with Crippen molar-refractivity contribution >= 4 is 0 Å². The van der Waals surface area contributed by atoms with E-state index in [-0.39, 0.29) is 51.0 Å². The van der Waals surface area contributed by atoms with Crippen molar-refractivity contribution in [3.05, 3.63) is 47.6 Å². The molecule has 2 rings (SSSR count). The maximum Gasteiger partial charge on any atom is 4.00 e. The van der Waals surface area contributed by atoms with Crippen LogP contribution in [0.3, 0.4) is 0 Å². The molecule has 0 aromatic heterocycles. The minimum absolute atomic E-state index is 0. The zero-order valence-corrected chi connectivity index (χ0v) is 16.1. The van der Waals surface area contributed by atoms with Gasteiger partial charge in [0.2, 0.25) is 0 Å². The number of allylic oxidation sites excluding steroid dienone is 8. The molecule has 0 atom stereocenters. The molecule has 0 bridgehead atoms. The average molecular weight is 408 g/mol. The van der Waals surface area contributed by atoms with Gasteiger partial charge in [-0.25, -0.2) is 23.3 Å². The van der Waals surface area contributed by atoms with Crippen LogP contribution in [-0.4, -0.2) is 23.4 Å². The quantitative estimate of drug-likeness (QED) is 0.458. The SMILES string of the molecule is OCCCC1=[C-]CC=C1.OCCCC1=[C-]CC=C1.[Cl-].[Cl-].[Zr+4]. The van der Waals surface area contributed by atoms with Gasteiger partial charge in [0.25, 0.3) is 0 Å². The molecule has 0 saturated heterocycles. The van der Waals surface area contributed by atoms with Crippen molar-refractivity contribution in [2.24, 2.45) is 0 Å². The summed E-state index contributed by atoms with van der Waals surface area (Å²) in [5.41, 5.74) is 2.51. The monoisotopic (exact) mass is 406 g/mol. The van der Waals surface area contributed by atoms with E-state index < -0.39 is 0 Å². The molecule has 0 unspecified atom stereocenters. The van der Waals surface area contributed by atoms with Crippen LogP contribution in [0, 0.1) is 12.2 Å². The van der Waals surface area contributed by atoms with E-state index in [2.05, 4.69) is 36.5 Å². The molecule has 5 heteroatoms. The summed E-state index contributed by atoms with van der Waals surface area (Å²) in [6.45, 7) is 0.581. The maximum atomic E-state index is 8.46. The first kappa shape index (κ1) is 26.3. The van der Waals surface area contributed by atoms with Crippen LogP contribution >= 0.6 is 0 Å². The van der Waals surface area contributed by atoms with Gasteiger partial charge in [-0.3, -0.25) is 12.2 Å². The molecule has 0 spiro atoms. The topological polar surface area (TPSA) is 40.5 Å². The number of aliphatic hydroxyl groups excluding tert-OH is 2. The second-order valence-corrected chi connectivity index (χ2v) is 4.27. The summed E-state index contributed by atoms with van der Waals surface area (Å²) in [6, 6.07) is 0. The first-order valence-corrected chi connectivity index (χ1v) is 6.61. The van der Waals surface area contributed by atoms with Gasteiger partial charge >= 0.3 is 26.2 Å². The summed E-state index contributed by atoms with van der Waals surface area (Å²) in [5.74, 6) is 0. The number of hydrogen-bond donors (Lipinski definition) is 2. The van der Waals surface area contributed by atoms with Crippen molar-refractivity contribution in [2.75, 3.05) is 13.2 Å². The average Bonchev–Trinajstić information content (AvgIpc) is 3.07. The van der Waals surface area contributed by atoms with Crippen molar-refractivity contribution in [1.29, 1.82) is 0 Å². The van der Waals surface area contributed by atoms with E-state index in [4.69, 9.17) is 10.2 Å². The third-order valence-corrected chi connectivity index (χ3v) is 2.74. The molecule has 0 aliphatic heterocycles. The molecule has 2 N–H and O–H groups in total. The van der Waals surface area contributed by atoms with E-state index in [0.29, 0.717) is 13.2 Å². The maximum absolute atomic E-state index is 8.46. The zero-order chi connectivity index (χ0) is 13.1.